The Morgan fingerprint density at radius 3 is 1.27 bits per heavy atom. The van der Waals surface area contributed by atoms with Crippen molar-refractivity contribution in [2.24, 2.45) is 11.3 Å². The van der Waals surface area contributed by atoms with Crippen molar-refractivity contribution in [3.8, 4) is 23.0 Å². The molecule has 1 unspecified atom stereocenters. The highest BCUT2D eigenvalue weighted by Gasteiger charge is 2.54. The number of rotatable bonds is 10. The van der Waals surface area contributed by atoms with Crippen molar-refractivity contribution in [3.05, 3.63) is 47.5 Å². The number of ether oxygens (including phenoxy) is 4. The van der Waals surface area contributed by atoms with Gasteiger partial charge in [0, 0.05) is 5.92 Å². The van der Waals surface area contributed by atoms with Gasteiger partial charge < -0.3 is 18.9 Å². The summed E-state index contributed by atoms with van der Waals surface area (Å²) in [6.07, 6.45) is 0.322. The summed E-state index contributed by atoms with van der Waals surface area (Å²) in [5, 5.41) is 14.6. The highest BCUT2D eigenvalue weighted by Crippen LogP contribution is 2.42. The number of hydrogen-bond donors (Lipinski definition) is 0. The van der Waals surface area contributed by atoms with E-state index in [1.165, 1.54) is 28.4 Å². The van der Waals surface area contributed by atoms with Crippen LogP contribution in [0.5, 0.6) is 23.0 Å². The van der Waals surface area contributed by atoms with Crippen LogP contribution in [0.25, 0.3) is 0 Å². The summed E-state index contributed by atoms with van der Waals surface area (Å²) in [6.45, 7) is 7.47. The fourth-order valence-corrected chi connectivity index (χ4v) is 4.13. The van der Waals surface area contributed by atoms with Gasteiger partial charge in [-0.05, 0) is 36.1 Å². The Morgan fingerprint density at radius 1 is 0.727 bits per heavy atom. The van der Waals surface area contributed by atoms with Crippen LogP contribution in [0.3, 0.4) is 0 Å². The fourth-order valence-electron chi connectivity index (χ4n) is 4.13. The van der Waals surface area contributed by atoms with Gasteiger partial charge in [0.1, 0.15) is 34.1 Å². The molecular weight excluding hydrogens is 424 g/mol. The lowest BCUT2D eigenvalue weighted by Gasteiger charge is -2.34. The highest BCUT2D eigenvalue weighted by atomic mass is 16.5. The van der Waals surface area contributed by atoms with Crippen LogP contribution >= 0.6 is 0 Å². The molecule has 0 aliphatic rings. The molecule has 0 saturated heterocycles. The van der Waals surface area contributed by atoms with E-state index in [1.54, 1.807) is 43.3 Å². The van der Waals surface area contributed by atoms with Crippen LogP contribution in [-0.4, -0.2) is 45.6 Å². The lowest BCUT2D eigenvalue weighted by molar-refractivity contribution is -0.0358. The molecule has 0 amide bonds. The van der Waals surface area contributed by atoms with E-state index >= 15 is 0 Å². The van der Waals surface area contributed by atoms with Crippen LogP contribution < -0.4 is 18.9 Å². The minimum absolute atomic E-state index is 0.0690. The Bertz CT molecular complexity index is 892. The van der Waals surface area contributed by atoms with Gasteiger partial charge in [-0.1, -0.05) is 39.8 Å². The molecule has 2 aromatic rings. The fraction of sp³-hybridized carbons (Fsp3) is 0.462. The number of benzene rings is 2. The molecule has 0 spiro atoms. The van der Waals surface area contributed by atoms with Gasteiger partial charge in [-0.3, -0.25) is 9.59 Å². The third-order valence-corrected chi connectivity index (χ3v) is 5.60. The summed E-state index contributed by atoms with van der Waals surface area (Å²) in [4.78, 5) is 28.0. The third kappa shape index (κ3) is 5.14. The molecule has 0 aliphatic heterocycles. The van der Waals surface area contributed by atoms with Crippen molar-refractivity contribution in [1.82, 2.24) is 0 Å². The number of methoxy groups -OCH3 is 4. The van der Waals surface area contributed by atoms with E-state index in [0.717, 1.165) is 0 Å². The molecule has 0 fully saturated rings. The van der Waals surface area contributed by atoms with Gasteiger partial charge >= 0.3 is 0 Å². The van der Waals surface area contributed by atoms with Gasteiger partial charge in [0.15, 0.2) is 0 Å². The minimum atomic E-state index is -2.70. The molecule has 0 aliphatic carbocycles. The average Bonchev–Trinajstić information content (AvgIpc) is 2.79. The minimum Gasteiger partial charge on any atom is -0.496 e. The summed E-state index contributed by atoms with van der Waals surface area (Å²) in [7, 11) is 5.56. The van der Waals surface area contributed by atoms with E-state index in [-0.39, 0.29) is 39.5 Å². The Labute approximate surface area is 195 Å². The smallest absolute Gasteiger partial charge is 0.231 e. The summed E-state index contributed by atoms with van der Waals surface area (Å²) in [5.41, 5.74) is -3.15. The van der Waals surface area contributed by atoms with Gasteiger partial charge in [-0.15, -0.1) is 0 Å². The molecule has 2 aromatic carbocycles. The first kappa shape index (κ1) is 26.2. The molecule has 7 heteroatoms. The van der Waals surface area contributed by atoms with E-state index in [9.17, 15) is 14.7 Å². The highest BCUT2D eigenvalue weighted by molar-refractivity contribution is 6.25. The van der Waals surface area contributed by atoms with Crippen molar-refractivity contribution in [2.45, 2.75) is 39.7 Å². The molecular formula is C26H33O7. The predicted molar refractivity (Wildman–Crippen MR) is 124 cm³/mol. The average molecular weight is 458 g/mol. The van der Waals surface area contributed by atoms with E-state index in [1.807, 2.05) is 20.8 Å². The Morgan fingerprint density at radius 2 is 1.03 bits per heavy atom. The SMILES string of the molecule is COc1cccc(OC)c1C(=O)C([O])(C(=O)c1c(OC)cccc1OC)C(C)CC(C)(C)C. The van der Waals surface area contributed by atoms with Crippen LogP contribution in [0, 0.1) is 11.3 Å². The Kier molecular flexibility index (Phi) is 8.14. The number of hydrogen-bond acceptors (Lipinski definition) is 6. The summed E-state index contributed by atoms with van der Waals surface area (Å²) in [6, 6.07) is 9.50. The number of carbonyl (C=O) groups is 2. The third-order valence-electron chi connectivity index (χ3n) is 5.60. The second-order valence-corrected chi connectivity index (χ2v) is 9.13. The number of carbonyl (C=O) groups excluding carboxylic acids is 2. The molecule has 2 rings (SSSR count). The maximum Gasteiger partial charge on any atom is 0.231 e. The van der Waals surface area contributed by atoms with Gasteiger partial charge in [0.2, 0.25) is 17.2 Å². The lowest BCUT2D eigenvalue weighted by atomic mass is 9.70. The second kappa shape index (κ2) is 10.3. The van der Waals surface area contributed by atoms with Crippen LogP contribution in [0.2, 0.25) is 0 Å². The summed E-state index contributed by atoms with van der Waals surface area (Å²) < 4.78 is 21.4. The Balaban J connectivity index is 2.83. The van der Waals surface area contributed by atoms with E-state index in [0.29, 0.717) is 6.42 Å². The van der Waals surface area contributed by atoms with Crippen molar-refractivity contribution in [3.63, 3.8) is 0 Å². The zero-order chi connectivity index (χ0) is 25.0. The van der Waals surface area contributed by atoms with Crippen molar-refractivity contribution >= 4 is 11.6 Å². The molecule has 1 atom stereocenters. The molecule has 0 saturated carbocycles. The van der Waals surface area contributed by atoms with E-state index < -0.39 is 23.1 Å². The molecule has 0 bridgehead atoms. The van der Waals surface area contributed by atoms with Crippen LogP contribution in [0.4, 0.5) is 0 Å². The zero-order valence-electron chi connectivity index (χ0n) is 20.6. The van der Waals surface area contributed by atoms with Crippen molar-refractivity contribution < 1.29 is 33.6 Å². The van der Waals surface area contributed by atoms with E-state index in [4.69, 9.17) is 18.9 Å². The topological polar surface area (TPSA) is 91.0 Å². The van der Waals surface area contributed by atoms with Gasteiger partial charge in [0.05, 0.1) is 28.4 Å². The standard InChI is InChI=1S/C26H33O7/c1-16(15-25(2,3)4)26(29,23(27)21-17(30-5)11-9-12-18(21)31-6)24(28)22-19(32-7)13-10-14-20(22)33-8/h9-14,16H,15H2,1-8H3. The largest absolute Gasteiger partial charge is 0.496 e. The normalized spacial score (nSPS) is 12.6. The zero-order valence-corrected chi connectivity index (χ0v) is 20.6. The summed E-state index contributed by atoms with van der Waals surface area (Å²) in [5.74, 6) is -2.10. The second-order valence-electron chi connectivity index (χ2n) is 9.13. The van der Waals surface area contributed by atoms with Crippen molar-refractivity contribution in [2.75, 3.05) is 28.4 Å². The molecule has 7 nitrogen and oxygen atoms in total. The summed E-state index contributed by atoms with van der Waals surface area (Å²) >= 11 is 0. The molecule has 0 heterocycles. The Hall–Kier alpha value is -3.06. The first-order valence-corrected chi connectivity index (χ1v) is 10.7. The van der Waals surface area contributed by atoms with Gasteiger partial charge in [-0.2, -0.15) is 0 Å². The quantitative estimate of drug-likeness (QED) is 0.367. The molecule has 0 aromatic heterocycles. The predicted octanol–water partition coefficient (Wildman–Crippen LogP) is 5.03. The maximum absolute atomic E-state index is 14.6. The lowest BCUT2D eigenvalue weighted by Crippen LogP contribution is -2.52. The number of ketones is 2. The van der Waals surface area contributed by atoms with Crippen LogP contribution in [0.1, 0.15) is 54.8 Å². The van der Waals surface area contributed by atoms with Crippen molar-refractivity contribution in [1.29, 1.82) is 0 Å². The van der Waals surface area contributed by atoms with Gasteiger partial charge in [0.25, 0.3) is 0 Å². The van der Waals surface area contributed by atoms with Crippen LogP contribution in [0.15, 0.2) is 36.4 Å². The molecule has 179 valence electrons. The maximum atomic E-state index is 14.6. The first-order valence-electron chi connectivity index (χ1n) is 10.7. The van der Waals surface area contributed by atoms with Crippen LogP contribution in [-0.2, 0) is 5.11 Å². The van der Waals surface area contributed by atoms with E-state index in [2.05, 4.69) is 0 Å². The van der Waals surface area contributed by atoms with Gasteiger partial charge in [-0.25, -0.2) is 5.11 Å². The molecule has 0 N–H and O–H groups in total. The monoisotopic (exact) mass is 457 g/mol. The molecule has 1 radical (unpaired) electrons. The first-order chi connectivity index (χ1) is 15.5. The molecule has 33 heavy (non-hydrogen) atoms. The number of Topliss-reactive ketones (excluding diaryl/α,β-unsaturated/α-hetero) is 2.